The van der Waals surface area contributed by atoms with Crippen LogP contribution in [0, 0.1) is 29.1 Å². The van der Waals surface area contributed by atoms with E-state index in [1.807, 2.05) is 4.90 Å². The number of carbonyl (C=O) groups excluding carboxylic acids is 3. The van der Waals surface area contributed by atoms with Gasteiger partial charge in [-0.3, -0.25) is 19.3 Å². The number of alkyl halides is 3. The summed E-state index contributed by atoms with van der Waals surface area (Å²) in [5.41, 5.74) is 0.697. The number of hydrogen-bond acceptors (Lipinski definition) is 10. The highest BCUT2D eigenvalue weighted by molar-refractivity contribution is 5.93. The molecule has 52 heavy (non-hydrogen) atoms. The predicted octanol–water partition coefficient (Wildman–Crippen LogP) is 2.82. The number of halogens is 8. The third-order valence-electron chi connectivity index (χ3n) is 7.05. The Balaban J connectivity index is 0.00000121. The Morgan fingerprint density at radius 2 is 1.13 bits per heavy atom. The summed E-state index contributed by atoms with van der Waals surface area (Å²) < 4.78 is 124. The Morgan fingerprint density at radius 3 is 1.58 bits per heavy atom. The molecule has 1 N–H and O–H groups in total. The molecule has 292 valence electrons. The van der Waals surface area contributed by atoms with Gasteiger partial charge in [0.15, 0.2) is 0 Å². The molecule has 0 bridgehead atoms. The lowest BCUT2D eigenvalue weighted by molar-refractivity contribution is -0.192. The number of nitrogens with zero attached hydrogens (tertiary/aromatic N) is 3. The van der Waals surface area contributed by atoms with Gasteiger partial charge in [0.05, 0.1) is 65.7 Å². The van der Waals surface area contributed by atoms with Gasteiger partial charge in [-0.15, -0.1) is 0 Å². The normalized spacial score (nSPS) is 14.8. The lowest BCUT2D eigenvalue weighted by Gasteiger charge is -2.35. The number of rotatable bonds is 19. The molecule has 1 saturated heterocycles. The quantitative estimate of drug-likeness (QED) is 0.0555. The van der Waals surface area contributed by atoms with Crippen molar-refractivity contribution in [2.24, 2.45) is 0 Å². The molecule has 0 radical (unpaired) electrons. The summed E-state index contributed by atoms with van der Waals surface area (Å²) in [6.07, 6.45) is -2.10. The fourth-order valence-electron chi connectivity index (χ4n) is 4.28. The van der Waals surface area contributed by atoms with Crippen LogP contribution in [-0.2, 0) is 38.1 Å². The van der Waals surface area contributed by atoms with E-state index in [4.69, 9.17) is 28.8 Å². The number of benzene rings is 1. The highest BCUT2D eigenvalue weighted by Gasteiger charge is 2.38. The van der Waals surface area contributed by atoms with E-state index in [1.54, 1.807) is 11.0 Å². The van der Waals surface area contributed by atoms with Gasteiger partial charge in [-0.05, 0) is 6.08 Å². The average Bonchev–Trinajstić information content (AvgIpc) is 3.43. The molecule has 13 nitrogen and oxygen atoms in total. The zero-order chi connectivity index (χ0) is 38.8. The first-order valence-corrected chi connectivity index (χ1v) is 15.6. The minimum absolute atomic E-state index is 0.0248. The third kappa shape index (κ3) is 14.8. The molecule has 2 aliphatic heterocycles. The van der Waals surface area contributed by atoms with Crippen LogP contribution in [0.4, 0.5) is 35.1 Å². The molecule has 1 aromatic carbocycles. The van der Waals surface area contributed by atoms with E-state index >= 15 is 0 Å². The minimum atomic E-state index is -5.08. The monoisotopic (exact) mass is 763 g/mol. The fourth-order valence-corrected chi connectivity index (χ4v) is 4.28. The van der Waals surface area contributed by atoms with E-state index in [0.29, 0.717) is 38.5 Å². The zero-order valence-electron chi connectivity index (χ0n) is 27.7. The molecule has 2 amide bonds. The number of aliphatic carboxylic acids is 1. The summed E-state index contributed by atoms with van der Waals surface area (Å²) in [6, 6.07) is 0. The molecular weight excluding hydrogens is 726 g/mol. The van der Waals surface area contributed by atoms with Gasteiger partial charge in [0, 0.05) is 51.0 Å². The maximum atomic E-state index is 13.5. The lowest BCUT2D eigenvalue weighted by Crippen LogP contribution is -2.50. The summed E-state index contributed by atoms with van der Waals surface area (Å²) in [5.74, 6) is -17.0. The van der Waals surface area contributed by atoms with Gasteiger partial charge in [-0.25, -0.2) is 18.0 Å². The van der Waals surface area contributed by atoms with Crippen molar-refractivity contribution in [3.63, 3.8) is 0 Å². The summed E-state index contributed by atoms with van der Waals surface area (Å²) in [6.45, 7) is 9.25. The minimum Gasteiger partial charge on any atom is -0.475 e. The van der Waals surface area contributed by atoms with Crippen LogP contribution in [-0.4, -0.2) is 142 Å². The number of carbonyl (C=O) groups is 4. The van der Waals surface area contributed by atoms with E-state index in [2.05, 4.69) is 16.2 Å². The summed E-state index contributed by atoms with van der Waals surface area (Å²) in [5, 5.41) is 7.12. The summed E-state index contributed by atoms with van der Waals surface area (Å²) in [4.78, 5) is 50.4. The molecule has 1 fully saturated rings. The molecule has 0 aromatic heterocycles. The molecule has 0 saturated carbocycles. The van der Waals surface area contributed by atoms with Gasteiger partial charge in [-0.1, -0.05) is 6.58 Å². The highest BCUT2D eigenvalue weighted by Crippen LogP contribution is 2.29. The van der Waals surface area contributed by atoms with E-state index < -0.39 is 59.4 Å². The third-order valence-corrected chi connectivity index (χ3v) is 7.05. The maximum absolute atomic E-state index is 13.5. The van der Waals surface area contributed by atoms with Crippen LogP contribution in [0.25, 0.3) is 0 Å². The van der Waals surface area contributed by atoms with Gasteiger partial charge in [-0.2, -0.15) is 22.0 Å². The van der Waals surface area contributed by atoms with Crippen molar-refractivity contribution in [2.45, 2.75) is 19.0 Å². The largest absolute Gasteiger partial charge is 0.490 e. The topological polar surface area (TPSA) is 144 Å². The first kappa shape index (κ1) is 44.0. The molecule has 2 heterocycles. The second-order valence-corrected chi connectivity index (χ2v) is 10.7. The van der Waals surface area contributed by atoms with Crippen molar-refractivity contribution < 1.29 is 83.1 Å². The van der Waals surface area contributed by atoms with Crippen molar-refractivity contribution in [1.29, 1.82) is 0 Å². The second-order valence-electron chi connectivity index (χ2n) is 10.7. The average molecular weight is 764 g/mol. The number of carboxylic acid groups (broad SMARTS) is 1. The zero-order valence-corrected chi connectivity index (χ0v) is 27.7. The van der Waals surface area contributed by atoms with E-state index in [9.17, 15) is 49.5 Å². The SMILES string of the molecule is C=C1C=CC(=O)N1CCN1CCN(C(=O)CCOCCOCCOCCOCCC(=O)Oc2c(F)c(F)c(F)c(F)c2F)CC1.O=C(O)C(F)(F)F. The van der Waals surface area contributed by atoms with Crippen molar-refractivity contribution >= 4 is 23.8 Å². The number of carboxylic acids is 1. The smallest absolute Gasteiger partial charge is 0.475 e. The fraction of sp³-hybridized carbons (Fsp3) is 0.548. The standard InChI is InChI=1S/C29H36F5N3O8.C2HF3O2/c1-20-2-3-22(39)37(20)11-8-35-6-9-36(10-7-35)21(38)4-12-41-14-16-43-18-19-44-17-15-42-13-5-23(40)45-29-27(33)25(31)24(30)26(32)28(29)34;3-2(4,5)1(6)7/h2-3H,1,4-19H2;(H,6,7). The predicted molar refractivity (Wildman–Crippen MR) is 161 cm³/mol. The van der Waals surface area contributed by atoms with Gasteiger partial charge in [0.1, 0.15) is 0 Å². The van der Waals surface area contributed by atoms with Gasteiger partial charge >= 0.3 is 18.1 Å². The Kier molecular flexibility index (Phi) is 18.6. The molecule has 0 atom stereocenters. The van der Waals surface area contributed by atoms with Crippen LogP contribution in [0.2, 0.25) is 0 Å². The molecule has 0 spiro atoms. The van der Waals surface area contributed by atoms with E-state index in [-0.39, 0.29) is 57.9 Å². The van der Waals surface area contributed by atoms with Crippen LogP contribution in [0.15, 0.2) is 24.4 Å². The van der Waals surface area contributed by atoms with Crippen LogP contribution < -0.4 is 4.74 Å². The van der Waals surface area contributed by atoms with E-state index in [1.165, 1.54) is 6.08 Å². The van der Waals surface area contributed by atoms with Gasteiger partial charge < -0.3 is 38.6 Å². The Labute approximate surface area is 292 Å². The molecule has 21 heteroatoms. The maximum Gasteiger partial charge on any atom is 0.490 e. The van der Waals surface area contributed by atoms with Crippen LogP contribution in [0.3, 0.4) is 0 Å². The Bertz CT molecular complexity index is 1370. The van der Waals surface area contributed by atoms with Gasteiger partial charge in [0.2, 0.25) is 40.7 Å². The number of allylic oxidation sites excluding steroid dienone is 1. The van der Waals surface area contributed by atoms with Crippen molar-refractivity contribution in [3.8, 4) is 5.75 Å². The molecule has 1 aromatic rings. The van der Waals surface area contributed by atoms with E-state index in [0.717, 1.165) is 19.6 Å². The molecule has 0 unspecified atom stereocenters. The van der Waals surface area contributed by atoms with Crippen molar-refractivity contribution in [3.05, 3.63) is 53.5 Å². The molecule has 3 rings (SSSR count). The Hall–Kier alpha value is -4.18. The van der Waals surface area contributed by atoms with Crippen LogP contribution in [0.5, 0.6) is 5.75 Å². The number of piperazine rings is 1. The van der Waals surface area contributed by atoms with Gasteiger partial charge in [0.25, 0.3) is 5.91 Å². The number of ether oxygens (including phenoxy) is 5. The number of esters is 1. The second kappa shape index (κ2) is 22.0. The van der Waals surface area contributed by atoms with Crippen LogP contribution >= 0.6 is 0 Å². The first-order valence-electron chi connectivity index (χ1n) is 15.6. The highest BCUT2D eigenvalue weighted by atomic mass is 19.4. The number of hydrogen-bond donors (Lipinski definition) is 1. The Morgan fingerprint density at radius 1 is 0.692 bits per heavy atom. The van der Waals surface area contributed by atoms with Crippen LogP contribution in [0.1, 0.15) is 12.8 Å². The van der Waals surface area contributed by atoms with Crippen molar-refractivity contribution in [2.75, 3.05) is 92.1 Å². The molecular formula is C31H37F8N3O10. The van der Waals surface area contributed by atoms with Crippen molar-refractivity contribution in [1.82, 2.24) is 14.7 Å². The lowest BCUT2D eigenvalue weighted by atomic mass is 10.2. The molecule has 2 aliphatic rings. The summed E-state index contributed by atoms with van der Waals surface area (Å²) in [7, 11) is 0. The first-order chi connectivity index (χ1) is 24.5. The molecule has 0 aliphatic carbocycles. The summed E-state index contributed by atoms with van der Waals surface area (Å²) >= 11 is 0. The number of amides is 2.